The zero-order valence-electron chi connectivity index (χ0n) is 46.1. The highest BCUT2D eigenvalue weighted by Crippen LogP contribution is 2.41. The van der Waals surface area contributed by atoms with Crippen LogP contribution in [0.5, 0.6) is 11.5 Å². The number of benzene rings is 3. The molecular formula is C57H77N5O14. The number of carbonyl (C=O) groups excluding carboxylic acids is 9. The number of esters is 1. The average Bonchev–Trinajstić information content (AvgIpc) is 3.31. The third-order valence-corrected chi connectivity index (χ3v) is 12.2. The minimum absolute atomic E-state index is 0.0129. The summed E-state index contributed by atoms with van der Waals surface area (Å²) >= 11 is 0. The SMILES string of the molecule is CCCOc1ccc2cc1-c1cc(ccc1OCCNC(=O)OC(C)(C)C)C[C@@H](C(=O)C[C@@H](C)C(=O)OCC(N)=O)NC(=O)[C@H](C)CC(=O)[C@H]2N(C)C(=O)[C@H](CCNC(=O)OC(C)(C)C)CC(=O)c1ccc(C)cc1C. The Labute approximate surface area is 446 Å². The maximum Gasteiger partial charge on any atom is 0.407 e. The standard InChI is InChI=1S/C57H77N5O14/c1-13-23-72-48-19-16-38-30-42(48)41-28-37(15-18-47(41)73-24-22-60-55(71)76-57(9,10)11)29-43(45(64)27-36(5)53(69)74-32-49(58)66)61-51(67)35(4)26-46(65)50(38)62(12)52(68)39(20-21-59-54(70)75-56(6,7)8)31-44(63)40-17-14-33(2)25-34(40)3/h14-19,25,28,30,35-36,39,43,50H,13,20-24,26-27,29,31-32H2,1-12H3,(H2,58,66)(H,59,70)(H,60,71)(H,61,67)/t35-,36-,39-,43+,50+/m1/s1. The smallest absolute Gasteiger partial charge is 0.407 e. The van der Waals surface area contributed by atoms with Crippen LogP contribution in [0.2, 0.25) is 0 Å². The number of rotatable bonds is 21. The van der Waals surface area contributed by atoms with Gasteiger partial charge in [0.05, 0.1) is 25.1 Å². The number of hydrogen-bond acceptors (Lipinski definition) is 14. The van der Waals surface area contributed by atoms with E-state index in [1.807, 2.05) is 19.9 Å². The van der Waals surface area contributed by atoms with Crippen LogP contribution in [0.1, 0.15) is 133 Å². The van der Waals surface area contributed by atoms with E-state index < -0.39 is 102 Å². The quantitative estimate of drug-likeness (QED) is 0.0355. The van der Waals surface area contributed by atoms with Crippen molar-refractivity contribution in [3.63, 3.8) is 0 Å². The molecule has 0 unspecified atom stereocenters. The second-order valence-electron chi connectivity index (χ2n) is 21.4. The van der Waals surface area contributed by atoms with E-state index in [-0.39, 0.29) is 57.8 Å². The fraction of sp³-hybridized carbons (Fsp3) is 0.526. The molecule has 0 aliphatic carbocycles. The summed E-state index contributed by atoms with van der Waals surface area (Å²) in [4.78, 5) is 123. The number of primary amides is 1. The Kier molecular flexibility index (Phi) is 22.1. The van der Waals surface area contributed by atoms with Gasteiger partial charge in [0.2, 0.25) is 11.8 Å². The second-order valence-corrected chi connectivity index (χ2v) is 21.4. The number of likely N-dealkylation sites (N-methyl/N-ethyl adjacent to an activating group) is 1. The highest BCUT2D eigenvalue weighted by molar-refractivity contribution is 6.01. The first-order chi connectivity index (χ1) is 35.6. The molecule has 0 radical (unpaired) electrons. The van der Waals surface area contributed by atoms with Crippen LogP contribution in [0.15, 0.2) is 54.6 Å². The topological polar surface area (TPSA) is 265 Å². The number of aryl methyl sites for hydroxylation is 2. The molecule has 0 saturated carbocycles. The molecule has 1 aliphatic heterocycles. The van der Waals surface area contributed by atoms with Gasteiger partial charge in [0, 0.05) is 61.4 Å². The fourth-order valence-corrected chi connectivity index (χ4v) is 8.52. The summed E-state index contributed by atoms with van der Waals surface area (Å²) in [5.74, 6) is -6.84. The number of ether oxygens (including phenoxy) is 5. The molecule has 5 atom stereocenters. The first-order valence-corrected chi connectivity index (χ1v) is 25.7. The molecule has 76 heavy (non-hydrogen) atoms. The van der Waals surface area contributed by atoms with Gasteiger partial charge in [-0.15, -0.1) is 0 Å². The van der Waals surface area contributed by atoms with E-state index in [1.165, 1.54) is 25.8 Å². The van der Waals surface area contributed by atoms with E-state index in [1.54, 1.807) is 97.0 Å². The van der Waals surface area contributed by atoms with Crippen LogP contribution in [0.4, 0.5) is 9.59 Å². The van der Waals surface area contributed by atoms with Crippen molar-refractivity contribution in [2.24, 2.45) is 23.5 Å². The van der Waals surface area contributed by atoms with Gasteiger partial charge >= 0.3 is 18.2 Å². The van der Waals surface area contributed by atoms with E-state index in [0.29, 0.717) is 45.7 Å². The monoisotopic (exact) mass is 1060 g/mol. The van der Waals surface area contributed by atoms with E-state index in [2.05, 4.69) is 16.0 Å². The zero-order valence-corrected chi connectivity index (χ0v) is 46.1. The largest absolute Gasteiger partial charge is 0.493 e. The fourth-order valence-electron chi connectivity index (χ4n) is 8.52. The van der Waals surface area contributed by atoms with Crippen molar-refractivity contribution >= 4 is 53.2 Å². The first kappa shape index (κ1) is 61.2. The Morgan fingerprint density at radius 2 is 1.39 bits per heavy atom. The number of amides is 5. The summed E-state index contributed by atoms with van der Waals surface area (Å²) in [6.07, 6.45) is -1.90. The molecule has 1 aliphatic rings. The van der Waals surface area contributed by atoms with Gasteiger partial charge < -0.3 is 50.3 Å². The third-order valence-electron chi connectivity index (χ3n) is 12.2. The molecule has 1 heterocycles. The van der Waals surface area contributed by atoms with Gasteiger partial charge in [0.25, 0.3) is 5.91 Å². The predicted molar refractivity (Wildman–Crippen MR) is 283 cm³/mol. The van der Waals surface area contributed by atoms with Crippen molar-refractivity contribution in [3.05, 3.63) is 82.4 Å². The maximum atomic E-state index is 15.1. The lowest BCUT2D eigenvalue weighted by Crippen LogP contribution is -2.46. The summed E-state index contributed by atoms with van der Waals surface area (Å²) < 4.78 is 28.4. The van der Waals surface area contributed by atoms with Crippen molar-refractivity contribution in [2.45, 2.75) is 138 Å². The van der Waals surface area contributed by atoms with Crippen LogP contribution >= 0.6 is 0 Å². The lowest BCUT2D eigenvalue weighted by Gasteiger charge is -2.32. The third kappa shape index (κ3) is 18.8. The van der Waals surface area contributed by atoms with E-state index in [4.69, 9.17) is 29.4 Å². The lowest BCUT2D eigenvalue weighted by atomic mass is 9.87. The highest BCUT2D eigenvalue weighted by Gasteiger charge is 2.37. The molecule has 0 fully saturated rings. The van der Waals surface area contributed by atoms with Crippen LogP contribution in [0, 0.1) is 31.6 Å². The number of ketones is 3. The average molecular weight is 1060 g/mol. The van der Waals surface area contributed by atoms with Gasteiger partial charge in [-0.3, -0.25) is 33.6 Å². The Morgan fingerprint density at radius 3 is 2.00 bits per heavy atom. The van der Waals surface area contributed by atoms with Crippen molar-refractivity contribution in [2.75, 3.05) is 40.0 Å². The summed E-state index contributed by atoms with van der Waals surface area (Å²) in [6.45, 7) is 18.5. The molecule has 4 bridgehead atoms. The molecule has 0 spiro atoms. The van der Waals surface area contributed by atoms with Crippen LogP contribution in [0.3, 0.4) is 0 Å². The van der Waals surface area contributed by atoms with Gasteiger partial charge in [0.1, 0.15) is 35.3 Å². The van der Waals surface area contributed by atoms with Crippen LogP contribution in [0.25, 0.3) is 11.1 Å². The molecule has 5 amide bonds. The highest BCUT2D eigenvalue weighted by atomic mass is 16.6. The normalized spacial score (nSPS) is 16.6. The number of fused-ring (bicyclic) bond motifs is 5. The van der Waals surface area contributed by atoms with Crippen molar-refractivity contribution in [1.82, 2.24) is 20.9 Å². The van der Waals surface area contributed by atoms with E-state index >= 15 is 9.59 Å². The number of carbonyl (C=O) groups is 9. The predicted octanol–water partition coefficient (Wildman–Crippen LogP) is 7.23. The molecular weight excluding hydrogens is 979 g/mol. The van der Waals surface area contributed by atoms with Crippen LogP contribution in [-0.2, 0) is 49.4 Å². The van der Waals surface area contributed by atoms with E-state index in [9.17, 15) is 33.6 Å². The molecule has 0 saturated heterocycles. The molecule has 19 heteroatoms. The molecule has 0 aromatic heterocycles. The van der Waals surface area contributed by atoms with Gasteiger partial charge in [-0.2, -0.15) is 0 Å². The molecule has 19 nitrogen and oxygen atoms in total. The van der Waals surface area contributed by atoms with Gasteiger partial charge in [0.15, 0.2) is 24.0 Å². The molecule has 5 N–H and O–H groups in total. The van der Waals surface area contributed by atoms with Gasteiger partial charge in [-0.25, -0.2) is 9.59 Å². The Bertz CT molecular complexity index is 2620. The maximum absolute atomic E-state index is 15.1. The molecule has 3 aromatic carbocycles. The van der Waals surface area contributed by atoms with E-state index in [0.717, 1.165) is 11.1 Å². The summed E-state index contributed by atoms with van der Waals surface area (Å²) in [7, 11) is 1.45. The summed E-state index contributed by atoms with van der Waals surface area (Å²) in [5, 5.41) is 8.18. The number of nitrogens with one attached hydrogen (secondary N) is 3. The summed E-state index contributed by atoms with van der Waals surface area (Å²) in [5.41, 5.74) is 7.45. The molecule has 414 valence electrons. The lowest BCUT2D eigenvalue weighted by molar-refractivity contribution is -0.152. The Morgan fingerprint density at radius 1 is 0.789 bits per heavy atom. The van der Waals surface area contributed by atoms with Gasteiger partial charge in [-0.05, 0) is 116 Å². The van der Waals surface area contributed by atoms with Crippen molar-refractivity contribution in [1.29, 1.82) is 0 Å². The number of alkyl carbamates (subject to hydrolysis) is 2. The number of Topliss-reactive ketones (excluding diaryl/α,β-unsaturated/α-hetero) is 3. The van der Waals surface area contributed by atoms with Crippen molar-refractivity contribution < 1.29 is 66.8 Å². The number of hydrogen-bond donors (Lipinski definition) is 4. The minimum atomic E-state index is -1.36. The second kappa shape index (κ2) is 27.5. The first-order valence-electron chi connectivity index (χ1n) is 25.7. The molecule has 3 aromatic rings. The van der Waals surface area contributed by atoms with Crippen LogP contribution < -0.4 is 31.2 Å². The van der Waals surface area contributed by atoms with Gasteiger partial charge in [-0.1, -0.05) is 56.7 Å². The Balaban J connectivity index is 1.89. The molecule has 4 rings (SSSR count). The number of nitrogens with two attached hydrogens (primary N) is 1. The van der Waals surface area contributed by atoms with Crippen LogP contribution in [-0.4, -0.2) is 115 Å². The summed E-state index contributed by atoms with van der Waals surface area (Å²) in [6, 6.07) is 13.0. The minimum Gasteiger partial charge on any atom is -0.493 e. The Hall–Kier alpha value is -7.31. The number of nitrogens with zero attached hydrogens (tertiary/aromatic N) is 1. The van der Waals surface area contributed by atoms with Crippen molar-refractivity contribution in [3.8, 4) is 22.6 Å². The zero-order chi connectivity index (χ0) is 56.7.